The van der Waals surface area contributed by atoms with Crippen LogP contribution in [0.15, 0.2) is 47.6 Å². The zero-order valence-electron chi connectivity index (χ0n) is 9.99. The van der Waals surface area contributed by atoms with Gasteiger partial charge in [0.15, 0.2) is 23.1 Å². The van der Waals surface area contributed by atoms with Gasteiger partial charge in [0.05, 0.1) is 0 Å². The molecule has 0 bridgehead atoms. The standard InChI is InChI=1S/C8H2N2O2.C6H4O2/c9-3-5-1-7(11)6(4-10)2-8(5)12;7-5-1-2-6(8)4-3-5/h1-2H;1-4H. The molecule has 0 unspecified atom stereocenters. The highest BCUT2D eigenvalue weighted by Crippen LogP contribution is 2.09. The van der Waals surface area contributed by atoms with Crippen LogP contribution >= 0.6 is 0 Å². The van der Waals surface area contributed by atoms with Gasteiger partial charge in [-0.3, -0.25) is 19.2 Å². The summed E-state index contributed by atoms with van der Waals surface area (Å²) < 4.78 is 0. The summed E-state index contributed by atoms with van der Waals surface area (Å²) >= 11 is 0. The molecule has 0 fully saturated rings. The van der Waals surface area contributed by atoms with Crippen LogP contribution in [0.5, 0.6) is 0 Å². The lowest BCUT2D eigenvalue weighted by Crippen LogP contribution is -2.10. The minimum atomic E-state index is -0.589. The van der Waals surface area contributed by atoms with Gasteiger partial charge in [-0.15, -0.1) is 0 Å². The van der Waals surface area contributed by atoms with E-state index < -0.39 is 11.6 Å². The molecule has 0 saturated carbocycles. The van der Waals surface area contributed by atoms with Crippen LogP contribution in [0.25, 0.3) is 0 Å². The van der Waals surface area contributed by atoms with Crippen LogP contribution in [0, 0.1) is 22.7 Å². The summed E-state index contributed by atoms with van der Waals surface area (Å²) in [5.74, 6) is -1.42. The highest BCUT2D eigenvalue weighted by Gasteiger charge is 2.19. The Labute approximate surface area is 113 Å². The van der Waals surface area contributed by atoms with E-state index >= 15 is 0 Å². The third-order valence-electron chi connectivity index (χ3n) is 2.15. The summed E-state index contributed by atoms with van der Waals surface area (Å²) in [7, 11) is 0. The normalized spacial score (nSPS) is 16.5. The number of carbonyl (C=O) groups excluding carboxylic acids is 4. The molecule has 0 saturated heterocycles. The molecule has 0 spiro atoms. The molecule has 0 aromatic rings. The van der Waals surface area contributed by atoms with E-state index in [2.05, 4.69) is 0 Å². The molecular weight excluding hydrogens is 260 g/mol. The lowest BCUT2D eigenvalue weighted by Gasteiger charge is -1.99. The van der Waals surface area contributed by atoms with Crippen LogP contribution < -0.4 is 0 Å². The summed E-state index contributed by atoms with van der Waals surface area (Å²) in [6, 6.07) is 3.13. The topological polar surface area (TPSA) is 116 Å². The van der Waals surface area contributed by atoms with Crippen molar-refractivity contribution in [2.24, 2.45) is 0 Å². The van der Waals surface area contributed by atoms with Gasteiger partial charge in [0.25, 0.3) is 0 Å². The van der Waals surface area contributed by atoms with Crippen LogP contribution in [0.3, 0.4) is 0 Å². The summed E-state index contributed by atoms with van der Waals surface area (Å²) in [5, 5.41) is 16.7. The summed E-state index contributed by atoms with van der Waals surface area (Å²) in [6.07, 6.45) is 6.76. The van der Waals surface area contributed by atoms with Crippen LogP contribution in [-0.4, -0.2) is 23.1 Å². The smallest absolute Gasteiger partial charge is 0.197 e. The molecule has 2 aliphatic carbocycles. The third-order valence-corrected chi connectivity index (χ3v) is 2.15. The van der Waals surface area contributed by atoms with Gasteiger partial charge in [0, 0.05) is 12.2 Å². The Balaban J connectivity index is 0.000000217. The fourth-order valence-corrected chi connectivity index (χ4v) is 1.17. The maximum atomic E-state index is 10.9. The van der Waals surface area contributed by atoms with Crippen molar-refractivity contribution in [3.8, 4) is 12.1 Å². The summed E-state index contributed by atoms with van der Waals surface area (Å²) in [6.45, 7) is 0. The van der Waals surface area contributed by atoms with Gasteiger partial charge in [-0.2, -0.15) is 10.5 Å². The number of nitriles is 2. The first-order valence-corrected chi connectivity index (χ1v) is 5.24. The third kappa shape index (κ3) is 3.83. The number of carbonyl (C=O) groups is 4. The first-order chi connectivity index (χ1) is 9.47. The molecule has 96 valence electrons. The average molecular weight is 266 g/mol. The van der Waals surface area contributed by atoms with Crippen molar-refractivity contribution in [1.29, 1.82) is 10.5 Å². The van der Waals surface area contributed by atoms with Gasteiger partial charge >= 0.3 is 0 Å². The zero-order valence-corrected chi connectivity index (χ0v) is 9.99. The lowest BCUT2D eigenvalue weighted by molar-refractivity contribution is -0.114. The molecule has 0 aliphatic heterocycles. The zero-order chi connectivity index (χ0) is 15.1. The minimum Gasteiger partial charge on any atom is -0.290 e. The van der Waals surface area contributed by atoms with Gasteiger partial charge in [-0.05, 0) is 24.3 Å². The Morgan fingerprint density at radius 2 is 0.950 bits per heavy atom. The largest absolute Gasteiger partial charge is 0.290 e. The Morgan fingerprint density at radius 1 is 0.650 bits per heavy atom. The molecule has 20 heavy (non-hydrogen) atoms. The molecule has 0 amide bonds. The Morgan fingerprint density at radius 3 is 1.20 bits per heavy atom. The molecule has 0 atom stereocenters. The van der Waals surface area contributed by atoms with Crippen LogP contribution in [0.1, 0.15) is 0 Å². The molecular formula is C14H6N2O4. The highest BCUT2D eigenvalue weighted by atomic mass is 16.1. The first-order valence-electron chi connectivity index (χ1n) is 5.24. The van der Waals surface area contributed by atoms with Crippen molar-refractivity contribution >= 4 is 23.1 Å². The van der Waals surface area contributed by atoms with Gasteiger partial charge in [-0.1, -0.05) is 0 Å². The van der Waals surface area contributed by atoms with E-state index in [1.165, 1.54) is 24.3 Å². The Bertz CT molecular complexity index is 628. The van der Waals surface area contributed by atoms with E-state index in [4.69, 9.17) is 10.5 Å². The predicted molar refractivity (Wildman–Crippen MR) is 65.7 cm³/mol. The number of nitrogens with zero attached hydrogens (tertiary/aromatic N) is 2. The molecule has 0 radical (unpaired) electrons. The van der Waals surface area contributed by atoms with Gasteiger partial charge in [0.1, 0.15) is 23.3 Å². The van der Waals surface area contributed by atoms with Gasteiger partial charge in [0.2, 0.25) is 0 Å². The molecule has 2 aliphatic rings. The van der Waals surface area contributed by atoms with Gasteiger partial charge < -0.3 is 0 Å². The molecule has 0 aromatic heterocycles. The molecule has 6 nitrogen and oxygen atoms in total. The quantitative estimate of drug-likeness (QED) is 0.582. The predicted octanol–water partition coefficient (Wildman–Crippen LogP) is 0.289. The summed E-state index contributed by atoms with van der Waals surface area (Å²) in [5.41, 5.74) is -0.446. The number of rotatable bonds is 0. The highest BCUT2D eigenvalue weighted by molar-refractivity contribution is 6.23. The van der Waals surface area contributed by atoms with E-state index in [-0.39, 0.29) is 22.7 Å². The van der Waals surface area contributed by atoms with E-state index in [0.717, 1.165) is 12.2 Å². The fraction of sp³-hybridized carbons (Fsp3) is 0. The molecule has 2 rings (SSSR count). The number of ketones is 4. The average Bonchev–Trinajstić information content (AvgIpc) is 2.44. The van der Waals surface area contributed by atoms with E-state index in [1.54, 1.807) is 12.1 Å². The van der Waals surface area contributed by atoms with Crippen LogP contribution in [0.4, 0.5) is 0 Å². The molecule has 6 heteroatoms. The van der Waals surface area contributed by atoms with Crippen molar-refractivity contribution < 1.29 is 19.2 Å². The lowest BCUT2D eigenvalue weighted by atomic mass is 9.99. The Hall–Kier alpha value is -3.38. The molecule has 0 aromatic carbocycles. The van der Waals surface area contributed by atoms with E-state index in [0.29, 0.717) is 0 Å². The number of hydrogen-bond donors (Lipinski definition) is 0. The SMILES string of the molecule is N#CC1=CC(=O)C(C#N)=CC1=O.O=C1C=CC(=O)C=C1. The van der Waals surface area contributed by atoms with E-state index in [1.807, 2.05) is 0 Å². The van der Waals surface area contributed by atoms with Crippen LogP contribution in [0.2, 0.25) is 0 Å². The number of allylic oxidation sites excluding steroid dienone is 8. The van der Waals surface area contributed by atoms with E-state index in [9.17, 15) is 19.2 Å². The van der Waals surface area contributed by atoms with Crippen molar-refractivity contribution in [2.45, 2.75) is 0 Å². The van der Waals surface area contributed by atoms with Crippen molar-refractivity contribution in [3.05, 3.63) is 47.6 Å². The van der Waals surface area contributed by atoms with Gasteiger partial charge in [-0.25, -0.2) is 0 Å². The van der Waals surface area contributed by atoms with Crippen molar-refractivity contribution in [1.82, 2.24) is 0 Å². The second-order valence-electron chi connectivity index (χ2n) is 3.54. The number of hydrogen-bond acceptors (Lipinski definition) is 6. The summed E-state index contributed by atoms with van der Waals surface area (Å²) in [4.78, 5) is 42.3. The monoisotopic (exact) mass is 266 g/mol. The fourth-order valence-electron chi connectivity index (χ4n) is 1.17. The molecule has 0 heterocycles. The maximum Gasteiger partial charge on any atom is 0.197 e. The van der Waals surface area contributed by atoms with Crippen molar-refractivity contribution in [2.75, 3.05) is 0 Å². The second-order valence-corrected chi connectivity index (χ2v) is 3.54. The first kappa shape index (κ1) is 14.7. The maximum absolute atomic E-state index is 10.9. The Kier molecular flexibility index (Phi) is 4.79. The minimum absolute atomic E-state index is 0.121. The molecule has 0 N–H and O–H groups in total. The van der Waals surface area contributed by atoms with Crippen LogP contribution in [-0.2, 0) is 19.2 Å². The van der Waals surface area contributed by atoms with Crippen molar-refractivity contribution in [3.63, 3.8) is 0 Å². The second kappa shape index (κ2) is 6.53.